The first-order valence-corrected chi connectivity index (χ1v) is 11.2. The van der Waals surface area contributed by atoms with Gasteiger partial charge in [0.2, 0.25) is 0 Å². The molecule has 0 radical (unpaired) electrons. The molecule has 0 unspecified atom stereocenters. The first-order valence-electron chi connectivity index (χ1n) is 10.5. The third-order valence-corrected chi connectivity index (χ3v) is 6.90. The summed E-state index contributed by atoms with van der Waals surface area (Å²) in [6, 6.07) is 16.8. The number of rotatable bonds is 4. The second-order valence-electron chi connectivity index (χ2n) is 8.12. The fourth-order valence-corrected chi connectivity index (χ4v) is 4.78. The van der Waals surface area contributed by atoms with Gasteiger partial charge in [-0.15, -0.1) is 11.6 Å². The third-order valence-electron chi connectivity index (χ3n) is 6.02. The molecule has 0 spiro atoms. The van der Waals surface area contributed by atoms with Crippen LogP contribution in [0, 0.1) is 5.82 Å². The average molecular weight is 493 g/mol. The Hall–Kier alpha value is -3.48. The minimum Gasteiger partial charge on any atom is -0.336 e. The number of fused-ring (bicyclic) bond motifs is 1. The van der Waals surface area contributed by atoms with Gasteiger partial charge < -0.3 is 4.57 Å². The SMILES string of the molecule is Cn1cncc1[C@@](Cl)(c1ccc(Cl)cc1)c1cnc2c(c1)c(-c1cccc(F)c1)cc(=O)n2C. The van der Waals surface area contributed by atoms with Crippen LogP contribution in [0.4, 0.5) is 4.39 Å². The Morgan fingerprint density at radius 2 is 1.74 bits per heavy atom. The molecule has 3 aromatic heterocycles. The average Bonchev–Trinajstić information content (AvgIpc) is 3.27. The number of alkyl halides is 1. The molecule has 1 atom stereocenters. The number of imidazole rings is 1. The number of aryl methyl sites for hydroxylation is 2. The fourth-order valence-electron chi connectivity index (χ4n) is 4.24. The first-order chi connectivity index (χ1) is 16.3. The lowest BCUT2D eigenvalue weighted by Crippen LogP contribution is -2.26. The number of aromatic nitrogens is 4. The molecule has 0 N–H and O–H groups in total. The molecule has 5 rings (SSSR count). The molecule has 5 aromatic rings. The molecule has 3 heterocycles. The molecule has 0 saturated heterocycles. The van der Waals surface area contributed by atoms with E-state index in [1.807, 2.05) is 29.8 Å². The van der Waals surface area contributed by atoms with Gasteiger partial charge >= 0.3 is 0 Å². The zero-order valence-electron chi connectivity index (χ0n) is 18.3. The summed E-state index contributed by atoms with van der Waals surface area (Å²) >= 11 is 13.6. The Morgan fingerprint density at radius 1 is 0.971 bits per heavy atom. The first kappa shape index (κ1) is 22.3. The molecule has 0 aliphatic carbocycles. The highest BCUT2D eigenvalue weighted by Crippen LogP contribution is 2.44. The summed E-state index contributed by atoms with van der Waals surface area (Å²) in [4.78, 5) is 20.4. The van der Waals surface area contributed by atoms with Crippen LogP contribution in [0.5, 0.6) is 0 Å². The van der Waals surface area contributed by atoms with Gasteiger partial charge in [0.25, 0.3) is 5.56 Å². The van der Waals surface area contributed by atoms with E-state index in [0.29, 0.717) is 32.7 Å². The Kier molecular flexibility index (Phi) is 5.50. The quantitative estimate of drug-likeness (QED) is 0.304. The van der Waals surface area contributed by atoms with Crippen molar-refractivity contribution in [3.8, 4) is 11.1 Å². The molecular weight excluding hydrogens is 474 g/mol. The van der Waals surface area contributed by atoms with Crippen LogP contribution in [0.2, 0.25) is 5.02 Å². The number of hydrogen-bond donors (Lipinski definition) is 0. The summed E-state index contributed by atoms with van der Waals surface area (Å²) < 4.78 is 17.4. The van der Waals surface area contributed by atoms with Crippen LogP contribution in [-0.2, 0) is 19.0 Å². The molecule has 0 bridgehead atoms. The Morgan fingerprint density at radius 3 is 2.41 bits per heavy atom. The van der Waals surface area contributed by atoms with Crippen molar-refractivity contribution in [1.82, 2.24) is 19.1 Å². The van der Waals surface area contributed by atoms with Crippen LogP contribution in [-0.4, -0.2) is 19.1 Å². The van der Waals surface area contributed by atoms with Crippen LogP contribution < -0.4 is 5.56 Å². The largest absolute Gasteiger partial charge is 0.336 e. The van der Waals surface area contributed by atoms with E-state index in [-0.39, 0.29) is 5.56 Å². The van der Waals surface area contributed by atoms with E-state index >= 15 is 0 Å². The Labute approximate surface area is 205 Å². The monoisotopic (exact) mass is 492 g/mol. The van der Waals surface area contributed by atoms with Gasteiger partial charge in [-0.2, -0.15) is 0 Å². The van der Waals surface area contributed by atoms with Crippen molar-refractivity contribution in [2.75, 3.05) is 0 Å². The minimum absolute atomic E-state index is 0.242. The summed E-state index contributed by atoms with van der Waals surface area (Å²) in [5, 5.41) is 1.26. The van der Waals surface area contributed by atoms with Crippen molar-refractivity contribution in [2.45, 2.75) is 4.87 Å². The molecular formula is C26H19Cl2FN4O. The second kappa shape index (κ2) is 8.38. The molecule has 170 valence electrons. The lowest BCUT2D eigenvalue weighted by atomic mass is 9.87. The zero-order chi connectivity index (χ0) is 24.0. The highest BCUT2D eigenvalue weighted by molar-refractivity contribution is 6.31. The molecule has 0 aliphatic rings. The predicted molar refractivity (Wildman–Crippen MR) is 133 cm³/mol. The summed E-state index contributed by atoms with van der Waals surface area (Å²) in [6.07, 6.45) is 5.05. The van der Waals surface area contributed by atoms with Crippen LogP contribution in [0.25, 0.3) is 22.2 Å². The van der Waals surface area contributed by atoms with Gasteiger partial charge in [0, 0.05) is 42.3 Å². The molecule has 8 heteroatoms. The number of pyridine rings is 2. The summed E-state index contributed by atoms with van der Waals surface area (Å²) in [5.74, 6) is -0.391. The summed E-state index contributed by atoms with van der Waals surface area (Å²) in [5.41, 5.74) is 3.56. The lowest BCUT2D eigenvalue weighted by molar-refractivity contribution is 0.628. The molecule has 5 nitrogen and oxygen atoms in total. The van der Waals surface area contributed by atoms with Crippen LogP contribution in [0.15, 0.2) is 84.2 Å². The van der Waals surface area contributed by atoms with Gasteiger partial charge in [0.05, 0.1) is 18.2 Å². The molecule has 34 heavy (non-hydrogen) atoms. The number of halogens is 3. The van der Waals surface area contributed by atoms with Crippen LogP contribution >= 0.6 is 23.2 Å². The maximum absolute atomic E-state index is 14.0. The summed E-state index contributed by atoms with van der Waals surface area (Å²) in [7, 11) is 3.52. The highest BCUT2D eigenvalue weighted by atomic mass is 35.5. The van der Waals surface area contributed by atoms with Crippen molar-refractivity contribution in [3.63, 3.8) is 0 Å². The molecule has 0 amide bonds. The Balaban J connectivity index is 1.84. The Bertz CT molecular complexity index is 1590. The van der Waals surface area contributed by atoms with Gasteiger partial charge in [0.15, 0.2) is 0 Å². The number of benzene rings is 2. The van der Waals surface area contributed by atoms with Gasteiger partial charge in [0.1, 0.15) is 16.3 Å². The standard InChI is InChI=1S/C26H19Cl2FN4O/c1-32-15-30-14-23(32)26(28,17-6-8-19(27)9-7-17)18-11-22-21(16-4-3-5-20(29)10-16)12-24(34)33(2)25(22)31-13-18/h3-15H,1-2H3/t26-/m1/s1. The van der Waals surface area contributed by atoms with E-state index in [1.165, 1.54) is 22.8 Å². The number of hydrogen-bond acceptors (Lipinski definition) is 3. The normalized spacial score (nSPS) is 13.2. The van der Waals surface area contributed by atoms with E-state index in [4.69, 9.17) is 23.2 Å². The van der Waals surface area contributed by atoms with Crippen molar-refractivity contribution >= 4 is 34.2 Å². The van der Waals surface area contributed by atoms with Crippen molar-refractivity contribution < 1.29 is 4.39 Å². The van der Waals surface area contributed by atoms with Crippen molar-refractivity contribution in [1.29, 1.82) is 0 Å². The minimum atomic E-state index is -1.15. The van der Waals surface area contributed by atoms with Gasteiger partial charge in [-0.25, -0.2) is 14.4 Å². The van der Waals surface area contributed by atoms with Crippen molar-refractivity contribution in [3.05, 3.63) is 117 Å². The lowest BCUT2D eigenvalue weighted by Gasteiger charge is -2.29. The van der Waals surface area contributed by atoms with Gasteiger partial charge in [-0.05, 0) is 47.0 Å². The number of nitrogens with zero attached hydrogens (tertiary/aromatic N) is 4. The van der Waals surface area contributed by atoms with Crippen molar-refractivity contribution in [2.24, 2.45) is 14.1 Å². The third kappa shape index (κ3) is 3.59. The zero-order valence-corrected chi connectivity index (χ0v) is 19.8. The van der Waals surface area contributed by atoms with Gasteiger partial charge in [-0.1, -0.05) is 35.9 Å². The highest BCUT2D eigenvalue weighted by Gasteiger charge is 2.37. The second-order valence-corrected chi connectivity index (χ2v) is 9.12. The van der Waals surface area contributed by atoms with E-state index in [9.17, 15) is 9.18 Å². The van der Waals surface area contributed by atoms with Gasteiger partial charge in [-0.3, -0.25) is 9.36 Å². The van der Waals surface area contributed by atoms with E-state index in [1.54, 1.807) is 50.0 Å². The smallest absolute Gasteiger partial charge is 0.252 e. The van der Waals surface area contributed by atoms with E-state index in [2.05, 4.69) is 9.97 Å². The molecule has 0 fully saturated rings. The maximum atomic E-state index is 14.0. The topological polar surface area (TPSA) is 52.7 Å². The predicted octanol–water partition coefficient (Wildman–Crippen LogP) is 5.66. The van der Waals surface area contributed by atoms with Crippen LogP contribution in [0.1, 0.15) is 16.8 Å². The van der Waals surface area contributed by atoms with E-state index in [0.717, 1.165) is 11.3 Å². The maximum Gasteiger partial charge on any atom is 0.252 e. The molecule has 0 aliphatic heterocycles. The van der Waals surface area contributed by atoms with E-state index < -0.39 is 10.7 Å². The molecule has 0 saturated carbocycles. The molecule has 2 aromatic carbocycles. The van der Waals surface area contributed by atoms with Crippen LogP contribution in [0.3, 0.4) is 0 Å². The summed E-state index contributed by atoms with van der Waals surface area (Å²) in [6.45, 7) is 0. The fraction of sp³-hybridized carbons (Fsp3) is 0.115.